The van der Waals surface area contributed by atoms with E-state index in [1.165, 1.54) is 18.4 Å². The Morgan fingerprint density at radius 1 is 1.25 bits per heavy atom. The third-order valence-electron chi connectivity index (χ3n) is 3.72. The van der Waals surface area contributed by atoms with E-state index in [-0.39, 0.29) is 0 Å². The van der Waals surface area contributed by atoms with Crippen molar-refractivity contribution in [2.45, 2.75) is 70.9 Å². The minimum atomic E-state index is -0.955. The zero-order valence-corrected chi connectivity index (χ0v) is 13.0. The van der Waals surface area contributed by atoms with Gasteiger partial charge >= 0.3 is 12.1 Å². The summed E-state index contributed by atoms with van der Waals surface area (Å²) >= 11 is 0. The highest BCUT2D eigenvalue weighted by molar-refractivity contribution is 5.80. The number of amides is 1. The van der Waals surface area contributed by atoms with Crippen LogP contribution in [-0.2, 0) is 9.53 Å². The first-order valence-electron chi connectivity index (χ1n) is 7.39. The Morgan fingerprint density at radius 3 is 2.25 bits per heavy atom. The number of carbonyl (C=O) groups is 2. The molecule has 116 valence electrons. The Morgan fingerprint density at radius 2 is 1.80 bits per heavy atom. The van der Waals surface area contributed by atoms with E-state index in [0.29, 0.717) is 12.3 Å². The quantitative estimate of drug-likeness (QED) is 0.860. The van der Waals surface area contributed by atoms with Gasteiger partial charge in [-0.15, -0.1) is 0 Å². The molecule has 0 aliphatic heterocycles. The van der Waals surface area contributed by atoms with Crippen molar-refractivity contribution in [1.82, 2.24) is 4.90 Å². The van der Waals surface area contributed by atoms with Crippen LogP contribution in [0.4, 0.5) is 4.79 Å². The SMILES string of the molecule is CN(C(=O)OC(C)(C)C)[C@@H](CC1CCCCC1)C(=O)O. The summed E-state index contributed by atoms with van der Waals surface area (Å²) in [6, 6.07) is -0.798. The Balaban J connectivity index is 2.64. The summed E-state index contributed by atoms with van der Waals surface area (Å²) in [7, 11) is 1.51. The van der Waals surface area contributed by atoms with Crippen LogP contribution in [0.2, 0.25) is 0 Å². The lowest BCUT2D eigenvalue weighted by Gasteiger charge is -2.31. The predicted molar refractivity (Wildman–Crippen MR) is 76.6 cm³/mol. The van der Waals surface area contributed by atoms with Crippen LogP contribution in [0.5, 0.6) is 0 Å². The maximum absolute atomic E-state index is 12.0. The summed E-state index contributed by atoms with van der Waals surface area (Å²) < 4.78 is 5.24. The molecule has 1 aliphatic rings. The summed E-state index contributed by atoms with van der Waals surface area (Å²) in [5.74, 6) is -0.557. The maximum Gasteiger partial charge on any atom is 0.410 e. The van der Waals surface area contributed by atoms with Gasteiger partial charge in [-0.1, -0.05) is 32.1 Å². The van der Waals surface area contributed by atoms with E-state index in [9.17, 15) is 14.7 Å². The van der Waals surface area contributed by atoms with Crippen LogP contribution in [0.15, 0.2) is 0 Å². The molecule has 1 fully saturated rings. The largest absolute Gasteiger partial charge is 0.480 e. The summed E-state index contributed by atoms with van der Waals surface area (Å²) in [6.45, 7) is 5.32. The van der Waals surface area contributed by atoms with Crippen LogP contribution in [0, 0.1) is 5.92 Å². The zero-order valence-electron chi connectivity index (χ0n) is 13.0. The van der Waals surface area contributed by atoms with E-state index in [2.05, 4.69) is 0 Å². The maximum atomic E-state index is 12.0. The molecule has 0 aromatic rings. The van der Waals surface area contributed by atoms with Crippen molar-refractivity contribution in [2.75, 3.05) is 7.05 Å². The van der Waals surface area contributed by atoms with Crippen LogP contribution in [0.3, 0.4) is 0 Å². The van der Waals surface area contributed by atoms with Crippen LogP contribution in [0.25, 0.3) is 0 Å². The van der Waals surface area contributed by atoms with E-state index >= 15 is 0 Å². The fourth-order valence-electron chi connectivity index (χ4n) is 2.62. The van der Waals surface area contributed by atoms with Crippen LogP contribution >= 0.6 is 0 Å². The van der Waals surface area contributed by atoms with Gasteiger partial charge in [0.05, 0.1) is 0 Å². The molecule has 0 spiro atoms. The average molecular weight is 285 g/mol. The van der Waals surface area contributed by atoms with Gasteiger partial charge < -0.3 is 9.84 Å². The number of carboxylic acids is 1. The normalized spacial score (nSPS) is 18.4. The second-order valence-corrected chi connectivity index (χ2v) is 6.69. The van der Waals surface area contributed by atoms with Crippen molar-refractivity contribution in [1.29, 1.82) is 0 Å². The number of hydrogen-bond donors (Lipinski definition) is 1. The first kappa shape index (κ1) is 16.8. The third-order valence-corrected chi connectivity index (χ3v) is 3.72. The van der Waals surface area contributed by atoms with E-state index in [1.807, 2.05) is 0 Å². The number of ether oxygens (including phenoxy) is 1. The number of rotatable bonds is 4. The van der Waals surface area contributed by atoms with Gasteiger partial charge in [0.25, 0.3) is 0 Å². The van der Waals surface area contributed by atoms with Crippen molar-refractivity contribution in [2.24, 2.45) is 5.92 Å². The standard InChI is InChI=1S/C15H27NO4/c1-15(2,3)20-14(19)16(4)12(13(17)18)10-11-8-6-5-7-9-11/h11-12H,5-10H2,1-4H3,(H,17,18)/t12-/m0/s1. The molecular weight excluding hydrogens is 258 g/mol. The second-order valence-electron chi connectivity index (χ2n) is 6.69. The number of carboxylic acid groups (broad SMARTS) is 1. The van der Waals surface area contributed by atoms with Gasteiger partial charge in [0, 0.05) is 7.05 Å². The molecule has 0 aromatic heterocycles. The Hall–Kier alpha value is -1.26. The molecule has 0 bridgehead atoms. The van der Waals surface area contributed by atoms with Gasteiger partial charge in [-0.05, 0) is 33.1 Å². The fourth-order valence-corrected chi connectivity index (χ4v) is 2.62. The van der Waals surface area contributed by atoms with E-state index < -0.39 is 23.7 Å². The number of likely N-dealkylation sites (N-methyl/N-ethyl adjacent to an activating group) is 1. The summed E-state index contributed by atoms with van der Waals surface area (Å²) in [5, 5.41) is 9.37. The molecule has 1 aliphatic carbocycles. The number of hydrogen-bond acceptors (Lipinski definition) is 3. The number of nitrogens with zero attached hydrogens (tertiary/aromatic N) is 1. The van der Waals surface area contributed by atoms with Crippen molar-refractivity contribution in [3.63, 3.8) is 0 Å². The fraction of sp³-hybridized carbons (Fsp3) is 0.867. The van der Waals surface area contributed by atoms with E-state index in [4.69, 9.17) is 4.74 Å². The number of carbonyl (C=O) groups excluding carboxylic acids is 1. The molecule has 5 heteroatoms. The number of aliphatic carboxylic acids is 1. The van der Waals surface area contributed by atoms with Gasteiger partial charge in [0.15, 0.2) is 0 Å². The Labute approximate surface area is 121 Å². The zero-order chi connectivity index (χ0) is 15.3. The average Bonchev–Trinajstić information content (AvgIpc) is 2.34. The van der Waals surface area contributed by atoms with Crippen molar-refractivity contribution < 1.29 is 19.4 Å². The minimum absolute atomic E-state index is 0.398. The monoisotopic (exact) mass is 285 g/mol. The Bertz CT molecular complexity index is 342. The van der Waals surface area contributed by atoms with Crippen LogP contribution in [-0.4, -0.2) is 40.8 Å². The molecule has 0 heterocycles. The molecule has 1 atom stereocenters. The van der Waals surface area contributed by atoms with Crippen molar-refractivity contribution in [3.05, 3.63) is 0 Å². The molecule has 1 saturated carbocycles. The van der Waals surface area contributed by atoms with Crippen molar-refractivity contribution in [3.8, 4) is 0 Å². The summed E-state index contributed by atoms with van der Waals surface area (Å²) in [4.78, 5) is 24.6. The lowest BCUT2D eigenvalue weighted by atomic mass is 9.84. The summed E-state index contributed by atoms with van der Waals surface area (Å²) in [5.41, 5.74) is -0.612. The van der Waals surface area contributed by atoms with Crippen LogP contribution < -0.4 is 0 Å². The van der Waals surface area contributed by atoms with Gasteiger partial charge in [-0.2, -0.15) is 0 Å². The van der Waals surface area contributed by atoms with Gasteiger partial charge in [-0.3, -0.25) is 4.90 Å². The predicted octanol–water partition coefficient (Wildman–Crippen LogP) is 3.28. The lowest BCUT2D eigenvalue weighted by molar-refractivity contribution is -0.143. The molecule has 1 amide bonds. The molecule has 1 rings (SSSR count). The third kappa shape index (κ3) is 5.39. The second kappa shape index (κ2) is 6.95. The van der Waals surface area contributed by atoms with E-state index in [0.717, 1.165) is 25.7 Å². The Kier molecular flexibility index (Phi) is 5.84. The molecular formula is C15H27NO4. The van der Waals surface area contributed by atoms with Gasteiger partial charge in [-0.25, -0.2) is 9.59 Å². The summed E-state index contributed by atoms with van der Waals surface area (Å²) in [6.07, 6.45) is 5.63. The highest BCUT2D eigenvalue weighted by Crippen LogP contribution is 2.28. The van der Waals surface area contributed by atoms with Crippen molar-refractivity contribution >= 4 is 12.1 Å². The first-order valence-corrected chi connectivity index (χ1v) is 7.39. The smallest absolute Gasteiger partial charge is 0.410 e. The minimum Gasteiger partial charge on any atom is -0.480 e. The molecule has 0 unspecified atom stereocenters. The molecule has 20 heavy (non-hydrogen) atoms. The highest BCUT2D eigenvalue weighted by atomic mass is 16.6. The molecule has 0 saturated heterocycles. The molecule has 0 aromatic carbocycles. The first-order chi connectivity index (χ1) is 9.20. The lowest BCUT2D eigenvalue weighted by Crippen LogP contribution is -2.45. The molecule has 1 N–H and O–H groups in total. The van der Waals surface area contributed by atoms with Gasteiger partial charge in [0.1, 0.15) is 11.6 Å². The van der Waals surface area contributed by atoms with Crippen LogP contribution in [0.1, 0.15) is 59.3 Å². The topological polar surface area (TPSA) is 66.8 Å². The van der Waals surface area contributed by atoms with E-state index in [1.54, 1.807) is 20.8 Å². The van der Waals surface area contributed by atoms with Gasteiger partial charge in [0.2, 0.25) is 0 Å². The highest BCUT2D eigenvalue weighted by Gasteiger charge is 2.32. The molecule has 5 nitrogen and oxygen atoms in total. The molecule has 0 radical (unpaired) electrons.